The molecule has 4 nitrogen and oxygen atoms in total. The van der Waals surface area contributed by atoms with E-state index in [4.69, 9.17) is 0 Å². The highest BCUT2D eigenvalue weighted by atomic mass is 32.2. The fraction of sp³-hybridized carbons (Fsp3) is 0.714. The van der Waals surface area contributed by atoms with E-state index in [1.165, 1.54) is 36.1 Å². The van der Waals surface area contributed by atoms with E-state index in [0.29, 0.717) is 12.3 Å². The second kappa shape index (κ2) is 7.89. The maximum atomic E-state index is 12.5. The van der Waals surface area contributed by atoms with E-state index in [0.717, 1.165) is 32.2 Å². The van der Waals surface area contributed by atoms with Crippen molar-refractivity contribution >= 4 is 15.7 Å². The highest BCUT2D eigenvalue weighted by Gasteiger charge is 2.35. The molecule has 0 unspecified atom stereocenters. The first-order valence-corrected chi connectivity index (χ1v) is 11.7. The van der Waals surface area contributed by atoms with Crippen LogP contribution in [0.25, 0.3) is 0 Å². The van der Waals surface area contributed by atoms with Crippen molar-refractivity contribution in [3.05, 3.63) is 29.3 Å². The molecule has 0 saturated heterocycles. The van der Waals surface area contributed by atoms with Crippen LogP contribution in [0, 0.1) is 5.92 Å². The molecule has 146 valence electrons. The Morgan fingerprint density at radius 3 is 2.46 bits per heavy atom. The minimum atomic E-state index is -3.25. The quantitative estimate of drug-likeness (QED) is 0.745. The van der Waals surface area contributed by atoms with Crippen molar-refractivity contribution in [2.45, 2.75) is 82.9 Å². The smallest absolute Gasteiger partial charge is 0.217 e. The molecule has 1 saturated carbocycles. The average Bonchev–Trinajstić information content (AvgIpc) is 3.08. The van der Waals surface area contributed by atoms with Gasteiger partial charge in [0.2, 0.25) is 10.0 Å². The number of aryl methyl sites for hydroxylation is 2. The van der Waals surface area contributed by atoms with Crippen molar-refractivity contribution in [1.29, 1.82) is 0 Å². The molecule has 0 aliphatic heterocycles. The summed E-state index contributed by atoms with van der Waals surface area (Å²) in [5.41, 5.74) is 4.25. The van der Waals surface area contributed by atoms with Crippen molar-refractivity contribution in [3.8, 4) is 0 Å². The van der Waals surface area contributed by atoms with Crippen LogP contribution in [0.3, 0.4) is 0 Å². The van der Waals surface area contributed by atoms with E-state index in [1.54, 1.807) is 0 Å². The number of benzene rings is 1. The van der Waals surface area contributed by atoms with Crippen LogP contribution in [-0.2, 0) is 22.9 Å². The molecule has 26 heavy (non-hydrogen) atoms. The minimum Gasteiger partial charge on any atom is -0.385 e. The largest absolute Gasteiger partial charge is 0.385 e. The van der Waals surface area contributed by atoms with Gasteiger partial charge in [0.15, 0.2) is 0 Å². The van der Waals surface area contributed by atoms with Gasteiger partial charge in [-0.2, -0.15) is 0 Å². The van der Waals surface area contributed by atoms with Crippen molar-refractivity contribution in [3.63, 3.8) is 0 Å². The summed E-state index contributed by atoms with van der Waals surface area (Å²) in [5.74, 6) is 0.628. The summed E-state index contributed by atoms with van der Waals surface area (Å²) >= 11 is 0. The molecule has 0 atom stereocenters. The number of fused-ring (bicyclic) bond motifs is 1. The first-order chi connectivity index (χ1) is 12.3. The predicted octanol–water partition coefficient (Wildman–Crippen LogP) is 4.25. The first-order valence-electron chi connectivity index (χ1n) is 10.2. The third-order valence-corrected chi connectivity index (χ3v) is 8.83. The van der Waals surface area contributed by atoms with Gasteiger partial charge in [0.25, 0.3) is 0 Å². The van der Waals surface area contributed by atoms with E-state index in [9.17, 15) is 8.42 Å². The van der Waals surface area contributed by atoms with Crippen LogP contribution in [0.2, 0.25) is 0 Å². The van der Waals surface area contributed by atoms with Gasteiger partial charge in [-0.1, -0.05) is 13.0 Å². The van der Waals surface area contributed by atoms with Gasteiger partial charge >= 0.3 is 0 Å². The minimum absolute atomic E-state index is 0.0991. The van der Waals surface area contributed by atoms with Crippen molar-refractivity contribution in [2.24, 2.45) is 5.92 Å². The van der Waals surface area contributed by atoms with Gasteiger partial charge in [-0.15, -0.1) is 0 Å². The molecule has 0 bridgehead atoms. The summed E-state index contributed by atoms with van der Waals surface area (Å²) in [5, 5.41) is 3.60. The van der Waals surface area contributed by atoms with Gasteiger partial charge in [-0.3, -0.25) is 0 Å². The second-order valence-electron chi connectivity index (χ2n) is 8.67. The maximum absolute atomic E-state index is 12.5. The van der Waals surface area contributed by atoms with Crippen molar-refractivity contribution < 1.29 is 8.42 Å². The summed E-state index contributed by atoms with van der Waals surface area (Å²) in [6, 6.07) is 6.89. The lowest BCUT2D eigenvalue weighted by molar-refractivity contribution is 0.322. The Morgan fingerprint density at radius 2 is 1.77 bits per heavy atom. The Bertz CT molecular complexity index is 720. The molecule has 1 aromatic rings. The fourth-order valence-electron chi connectivity index (χ4n) is 4.00. The van der Waals surface area contributed by atoms with Crippen LogP contribution in [0.5, 0.6) is 0 Å². The van der Waals surface area contributed by atoms with Crippen molar-refractivity contribution in [1.82, 2.24) is 4.72 Å². The Hall–Kier alpha value is -1.07. The summed E-state index contributed by atoms with van der Waals surface area (Å²) < 4.78 is 27.3. The van der Waals surface area contributed by atoms with Crippen LogP contribution < -0.4 is 10.0 Å². The summed E-state index contributed by atoms with van der Waals surface area (Å²) in [7, 11) is -3.25. The third-order valence-electron chi connectivity index (χ3n) is 6.44. The van der Waals surface area contributed by atoms with Crippen LogP contribution in [0.1, 0.15) is 70.4 Å². The number of anilines is 1. The standard InChI is InChI=1S/C21H34N2O2S/c1-4-21(2,3)26(24,25)23-19-11-8-16(9-12-19)15-22-20-13-10-17-6-5-7-18(17)14-20/h10,13-14,16,19,22-23H,4-9,11-12,15H2,1-3H3/t16-,19-. The summed E-state index contributed by atoms with van der Waals surface area (Å²) in [6.07, 6.45) is 8.39. The lowest BCUT2D eigenvalue weighted by Gasteiger charge is -2.32. The zero-order valence-electron chi connectivity index (χ0n) is 16.5. The Kier molecular flexibility index (Phi) is 5.97. The van der Waals surface area contributed by atoms with Gasteiger partial charge in [-0.25, -0.2) is 13.1 Å². The number of nitrogens with one attached hydrogen (secondary N) is 2. The molecule has 2 N–H and O–H groups in total. The maximum Gasteiger partial charge on any atom is 0.217 e. The molecule has 0 spiro atoms. The molecule has 2 aliphatic rings. The molecule has 0 heterocycles. The van der Waals surface area contributed by atoms with Crippen LogP contribution in [0.4, 0.5) is 5.69 Å². The Morgan fingerprint density at radius 1 is 1.08 bits per heavy atom. The lowest BCUT2D eigenvalue weighted by atomic mass is 9.86. The number of sulfonamides is 1. The highest BCUT2D eigenvalue weighted by Crippen LogP contribution is 2.29. The molecule has 2 aliphatic carbocycles. The predicted molar refractivity (Wildman–Crippen MR) is 109 cm³/mol. The van der Waals surface area contributed by atoms with Crippen LogP contribution in [0.15, 0.2) is 18.2 Å². The van der Waals surface area contributed by atoms with E-state index in [2.05, 4.69) is 28.2 Å². The molecule has 0 aromatic heterocycles. The lowest BCUT2D eigenvalue weighted by Crippen LogP contribution is -2.47. The van der Waals surface area contributed by atoms with E-state index in [-0.39, 0.29) is 6.04 Å². The summed E-state index contributed by atoms with van der Waals surface area (Å²) in [6.45, 7) is 6.53. The molecule has 0 radical (unpaired) electrons. The number of hydrogen-bond donors (Lipinski definition) is 2. The molecule has 1 fully saturated rings. The third kappa shape index (κ3) is 4.42. The molecule has 0 amide bonds. The summed E-state index contributed by atoms with van der Waals surface area (Å²) in [4.78, 5) is 0. The normalized spacial score (nSPS) is 23.7. The Balaban J connectivity index is 1.45. The SMILES string of the molecule is CCC(C)(C)S(=O)(=O)N[C@H]1CC[C@H](CNc2ccc3c(c2)CCC3)CC1. The molecular formula is C21H34N2O2S. The van der Waals surface area contributed by atoms with Crippen molar-refractivity contribution in [2.75, 3.05) is 11.9 Å². The number of rotatable bonds is 7. The molecule has 1 aromatic carbocycles. The van der Waals surface area contributed by atoms with E-state index < -0.39 is 14.8 Å². The first kappa shape index (κ1) is 19.7. The molecule has 5 heteroatoms. The molecule has 3 rings (SSSR count). The topological polar surface area (TPSA) is 58.2 Å². The zero-order valence-corrected chi connectivity index (χ0v) is 17.3. The molecular weight excluding hydrogens is 344 g/mol. The highest BCUT2D eigenvalue weighted by molar-refractivity contribution is 7.90. The van der Waals surface area contributed by atoms with Gasteiger partial charge in [0, 0.05) is 18.3 Å². The Labute approximate surface area is 159 Å². The van der Waals surface area contributed by atoms with Gasteiger partial charge in [0.05, 0.1) is 4.75 Å². The zero-order chi connectivity index (χ0) is 18.8. The average molecular weight is 379 g/mol. The second-order valence-corrected chi connectivity index (χ2v) is 11.0. The van der Waals surface area contributed by atoms with Crippen LogP contribution in [-0.4, -0.2) is 25.8 Å². The van der Waals surface area contributed by atoms with E-state index in [1.807, 2.05) is 20.8 Å². The van der Waals surface area contributed by atoms with Gasteiger partial charge < -0.3 is 5.32 Å². The fourth-order valence-corrected chi connectivity index (χ4v) is 5.37. The van der Waals surface area contributed by atoms with Gasteiger partial charge in [-0.05, 0) is 94.4 Å². The monoisotopic (exact) mass is 378 g/mol. The number of hydrogen-bond acceptors (Lipinski definition) is 3. The van der Waals surface area contributed by atoms with Gasteiger partial charge in [0.1, 0.15) is 0 Å². The van der Waals surface area contributed by atoms with E-state index >= 15 is 0 Å². The van der Waals surface area contributed by atoms with Crippen LogP contribution >= 0.6 is 0 Å².